The third-order valence-corrected chi connectivity index (χ3v) is 2.09. The normalized spacial score (nSPS) is 11.9. The molecule has 1 aromatic carbocycles. The highest BCUT2D eigenvalue weighted by molar-refractivity contribution is 5.70. The van der Waals surface area contributed by atoms with Crippen LogP contribution in [-0.4, -0.2) is 11.7 Å². The summed E-state index contributed by atoms with van der Waals surface area (Å²) in [5, 5.41) is 2.61. The van der Waals surface area contributed by atoms with Crippen molar-refractivity contribution in [2.45, 2.75) is 33.3 Å². The van der Waals surface area contributed by atoms with Crippen LogP contribution in [0.25, 0.3) is 6.08 Å². The Kier molecular flexibility index (Phi) is 5.10. The molecule has 103 valence electrons. The van der Waals surface area contributed by atoms with Crippen molar-refractivity contribution in [2.75, 3.05) is 0 Å². The van der Waals surface area contributed by atoms with Crippen LogP contribution in [0, 0.1) is 11.9 Å². The summed E-state index contributed by atoms with van der Waals surface area (Å²) in [6.07, 6.45) is 3.03. The van der Waals surface area contributed by atoms with Gasteiger partial charge >= 0.3 is 6.09 Å². The van der Waals surface area contributed by atoms with Crippen LogP contribution in [-0.2, 0) is 4.74 Å². The van der Waals surface area contributed by atoms with Crippen molar-refractivity contribution in [3.8, 4) is 0 Å². The number of nitrogens with one attached hydrogen (secondary N) is 1. The molecule has 1 aromatic rings. The number of alkyl carbamates (subject to hydrolysis) is 1. The first kappa shape index (κ1) is 15.2. The van der Waals surface area contributed by atoms with E-state index in [-0.39, 0.29) is 5.82 Å². The van der Waals surface area contributed by atoms with E-state index in [1.54, 1.807) is 52.0 Å². The van der Waals surface area contributed by atoms with Crippen LogP contribution in [0.5, 0.6) is 0 Å². The van der Waals surface area contributed by atoms with Crippen LogP contribution >= 0.6 is 0 Å². The maximum absolute atomic E-state index is 12.7. The number of hydrogen-bond donors (Lipinski definition) is 1. The number of ether oxygens (including phenoxy) is 1. The first-order valence-corrected chi connectivity index (χ1v) is 6.03. The van der Waals surface area contributed by atoms with Gasteiger partial charge in [0.15, 0.2) is 0 Å². The Morgan fingerprint density at radius 1 is 1.26 bits per heavy atom. The van der Waals surface area contributed by atoms with Crippen LogP contribution in [0.4, 0.5) is 9.18 Å². The highest BCUT2D eigenvalue weighted by Crippen LogP contribution is 2.09. The largest absolute Gasteiger partial charge is 0.444 e. The van der Waals surface area contributed by atoms with E-state index in [1.165, 1.54) is 12.1 Å². The quantitative estimate of drug-likeness (QED) is 0.898. The Hall–Kier alpha value is -1.84. The SMILES string of the molecule is C[C](/C=C/c1ccc(F)cc1)NC(=O)OC(C)(C)C. The van der Waals surface area contributed by atoms with E-state index in [0.29, 0.717) is 6.04 Å². The summed E-state index contributed by atoms with van der Waals surface area (Å²) < 4.78 is 17.8. The van der Waals surface area contributed by atoms with E-state index < -0.39 is 11.7 Å². The minimum absolute atomic E-state index is 0.273. The third-order valence-electron chi connectivity index (χ3n) is 2.09. The van der Waals surface area contributed by atoms with Gasteiger partial charge in [0.2, 0.25) is 0 Å². The Morgan fingerprint density at radius 3 is 2.37 bits per heavy atom. The highest BCUT2D eigenvalue weighted by atomic mass is 19.1. The highest BCUT2D eigenvalue weighted by Gasteiger charge is 2.16. The molecule has 1 rings (SSSR count). The molecule has 0 atom stereocenters. The number of rotatable bonds is 3. The molecule has 0 aliphatic rings. The molecule has 0 aliphatic heterocycles. The predicted octanol–water partition coefficient (Wildman–Crippen LogP) is 3.92. The Morgan fingerprint density at radius 2 is 1.84 bits per heavy atom. The second-order valence-corrected chi connectivity index (χ2v) is 5.19. The van der Waals surface area contributed by atoms with Crippen molar-refractivity contribution in [2.24, 2.45) is 0 Å². The van der Waals surface area contributed by atoms with Gasteiger partial charge in [0, 0.05) is 0 Å². The van der Waals surface area contributed by atoms with Gasteiger partial charge in [-0.3, -0.25) is 0 Å². The summed E-state index contributed by atoms with van der Waals surface area (Å²) in [5.41, 5.74) is 0.331. The summed E-state index contributed by atoms with van der Waals surface area (Å²) in [7, 11) is 0. The fraction of sp³-hybridized carbons (Fsp3) is 0.333. The van der Waals surface area contributed by atoms with Gasteiger partial charge in [-0.1, -0.05) is 24.3 Å². The maximum Gasteiger partial charge on any atom is 0.408 e. The van der Waals surface area contributed by atoms with Crippen LogP contribution in [0.3, 0.4) is 0 Å². The number of carbonyl (C=O) groups is 1. The number of amides is 1. The molecular formula is C15H19FNO2. The van der Waals surface area contributed by atoms with Gasteiger partial charge in [0.25, 0.3) is 0 Å². The number of carbonyl (C=O) groups excluding carboxylic acids is 1. The summed E-state index contributed by atoms with van der Waals surface area (Å²) in [6.45, 7) is 7.16. The predicted molar refractivity (Wildman–Crippen MR) is 73.7 cm³/mol. The standard InChI is InChI=1S/C15H19FNO2/c1-11(17-14(18)19-15(2,3)4)5-6-12-7-9-13(16)10-8-12/h5-10H,1-4H3,(H,17,18)/b6-5+. The molecule has 19 heavy (non-hydrogen) atoms. The fourth-order valence-electron chi connectivity index (χ4n) is 1.30. The zero-order valence-electron chi connectivity index (χ0n) is 11.7. The molecule has 4 heteroatoms. The lowest BCUT2D eigenvalue weighted by Gasteiger charge is -2.20. The maximum atomic E-state index is 12.7. The van der Waals surface area contributed by atoms with E-state index in [1.807, 2.05) is 0 Å². The van der Waals surface area contributed by atoms with E-state index in [2.05, 4.69) is 5.32 Å². The van der Waals surface area contributed by atoms with E-state index in [4.69, 9.17) is 4.74 Å². The van der Waals surface area contributed by atoms with Crippen LogP contribution in [0.1, 0.15) is 33.3 Å². The van der Waals surface area contributed by atoms with Gasteiger partial charge in [-0.05, 0) is 45.4 Å². The van der Waals surface area contributed by atoms with Gasteiger partial charge in [-0.25, -0.2) is 9.18 Å². The zero-order chi connectivity index (χ0) is 14.5. The smallest absolute Gasteiger partial charge is 0.408 e. The van der Waals surface area contributed by atoms with E-state index >= 15 is 0 Å². The summed E-state index contributed by atoms with van der Waals surface area (Å²) >= 11 is 0. The number of benzene rings is 1. The van der Waals surface area contributed by atoms with Gasteiger partial charge < -0.3 is 10.1 Å². The fourth-order valence-corrected chi connectivity index (χ4v) is 1.30. The molecule has 0 fully saturated rings. The lowest BCUT2D eigenvalue weighted by molar-refractivity contribution is 0.0537. The average Bonchev–Trinajstić information content (AvgIpc) is 2.25. The molecule has 1 amide bonds. The summed E-state index contributed by atoms with van der Waals surface area (Å²) in [4.78, 5) is 11.5. The molecular weight excluding hydrogens is 245 g/mol. The number of hydrogen-bond acceptors (Lipinski definition) is 2. The minimum atomic E-state index is -0.523. The van der Waals surface area contributed by atoms with Crippen LogP contribution in [0.2, 0.25) is 0 Å². The van der Waals surface area contributed by atoms with Gasteiger partial charge in [-0.2, -0.15) is 0 Å². The Balaban J connectivity index is 2.48. The molecule has 0 spiro atoms. The number of halogens is 1. The molecule has 0 saturated carbocycles. The third kappa shape index (κ3) is 6.60. The van der Waals surface area contributed by atoms with Gasteiger partial charge in [-0.15, -0.1) is 0 Å². The molecule has 0 heterocycles. The van der Waals surface area contributed by atoms with Crippen LogP contribution in [0.15, 0.2) is 30.3 Å². The van der Waals surface area contributed by atoms with Crippen molar-refractivity contribution >= 4 is 12.2 Å². The summed E-state index contributed by atoms with van der Waals surface area (Å²) in [6, 6.07) is 6.74. The second kappa shape index (κ2) is 6.36. The second-order valence-electron chi connectivity index (χ2n) is 5.19. The average molecular weight is 264 g/mol. The van der Waals surface area contributed by atoms with E-state index in [0.717, 1.165) is 5.56 Å². The molecule has 1 N–H and O–H groups in total. The van der Waals surface area contributed by atoms with Gasteiger partial charge in [0.1, 0.15) is 11.4 Å². The van der Waals surface area contributed by atoms with Gasteiger partial charge in [0.05, 0.1) is 6.04 Å². The zero-order valence-corrected chi connectivity index (χ0v) is 11.7. The molecule has 0 saturated heterocycles. The molecule has 0 bridgehead atoms. The first-order chi connectivity index (χ1) is 8.76. The monoisotopic (exact) mass is 264 g/mol. The van der Waals surface area contributed by atoms with Crippen molar-refractivity contribution in [3.05, 3.63) is 47.8 Å². The first-order valence-electron chi connectivity index (χ1n) is 6.03. The van der Waals surface area contributed by atoms with Crippen molar-refractivity contribution in [3.63, 3.8) is 0 Å². The van der Waals surface area contributed by atoms with Crippen molar-refractivity contribution in [1.29, 1.82) is 0 Å². The minimum Gasteiger partial charge on any atom is -0.444 e. The lowest BCUT2D eigenvalue weighted by atomic mass is 10.2. The Bertz CT molecular complexity index is 446. The molecule has 0 unspecified atom stereocenters. The molecule has 3 nitrogen and oxygen atoms in total. The van der Waals surface area contributed by atoms with Crippen molar-refractivity contribution < 1.29 is 13.9 Å². The Labute approximate surface area is 113 Å². The topological polar surface area (TPSA) is 38.3 Å². The lowest BCUT2D eigenvalue weighted by Crippen LogP contribution is -2.33. The molecule has 0 aliphatic carbocycles. The van der Waals surface area contributed by atoms with Crippen molar-refractivity contribution in [1.82, 2.24) is 5.32 Å². The van der Waals surface area contributed by atoms with E-state index in [9.17, 15) is 9.18 Å². The summed E-state index contributed by atoms with van der Waals surface area (Å²) in [5.74, 6) is -0.273. The molecule has 1 radical (unpaired) electrons. The van der Waals surface area contributed by atoms with Crippen LogP contribution < -0.4 is 5.32 Å². The molecule has 0 aromatic heterocycles.